The smallest absolute Gasteiger partial charge is 0.191 e. The molecule has 8 nitrogen and oxygen atoms in total. The number of aliphatic imine (C=N–C) groups is 1. The molecule has 0 saturated carbocycles. The molecule has 1 aliphatic rings. The molecule has 2 aromatic rings. The molecule has 176 valence electrons. The van der Waals surface area contributed by atoms with Gasteiger partial charge in [-0.15, -0.1) is 24.0 Å². The molecule has 9 heteroatoms. The Hall–Kier alpha value is -2.24. The lowest BCUT2D eigenvalue weighted by Gasteiger charge is -2.35. The molecule has 32 heavy (non-hydrogen) atoms. The van der Waals surface area contributed by atoms with E-state index in [1.807, 2.05) is 18.2 Å². The number of benzene rings is 2. The molecule has 2 aromatic carbocycles. The van der Waals surface area contributed by atoms with Crippen LogP contribution in [0.1, 0.15) is 17.2 Å². The number of guanidine groups is 1. The predicted molar refractivity (Wildman–Crippen MR) is 136 cm³/mol. The van der Waals surface area contributed by atoms with Crippen LogP contribution in [0.5, 0.6) is 17.2 Å². The van der Waals surface area contributed by atoms with Crippen LogP contribution in [0.2, 0.25) is 0 Å². The van der Waals surface area contributed by atoms with Crippen molar-refractivity contribution in [3.05, 3.63) is 53.6 Å². The molecule has 0 bridgehead atoms. The van der Waals surface area contributed by atoms with E-state index in [9.17, 15) is 5.11 Å². The maximum Gasteiger partial charge on any atom is 0.191 e. The molecular formula is C23H33IN4O4. The van der Waals surface area contributed by atoms with E-state index in [0.717, 1.165) is 37.6 Å². The van der Waals surface area contributed by atoms with E-state index in [1.54, 1.807) is 33.4 Å². The minimum Gasteiger partial charge on any atom is -0.508 e. The van der Waals surface area contributed by atoms with Crippen molar-refractivity contribution in [3.63, 3.8) is 0 Å². The first kappa shape index (κ1) is 26.0. The highest BCUT2D eigenvalue weighted by Crippen LogP contribution is 2.24. The summed E-state index contributed by atoms with van der Waals surface area (Å²) in [7, 11) is 5.01. The summed E-state index contributed by atoms with van der Waals surface area (Å²) in [6.07, 6.45) is 0. The fraction of sp³-hybridized carbons (Fsp3) is 0.435. The number of aromatic hydroxyl groups is 1. The maximum absolute atomic E-state index is 10.1. The molecule has 0 aliphatic carbocycles. The monoisotopic (exact) mass is 556 g/mol. The van der Waals surface area contributed by atoms with Gasteiger partial charge < -0.3 is 30.0 Å². The first-order valence-corrected chi connectivity index (χ1v) is 10.4. The van der Waals surface area contributed by atoms with E-state index in [1.165, 1.54) is 5.56 Å². The van der Waals surface area contributed by atoms with Crippen LogP contribution in [0.3, 0.4) is 0 Å². The van der Waals surface area contributed by atoms with Crippen LogP contribution < -0.4 is 20.1 Å². The normalized spacial score (nSPS) is 15.4. The highest BCUT2D eigenvalue weighted by molar-refractivity contribution is 14.0. The number of hydrogen-bond acceptors (Lipinski definition) is 6. The number of nitrogens with zero attached hydrogens (tertiary/aromatic N) is 2. The third-order valence-electron chi connectivity index (χ3n) is 5.41. The standard InChI is InChI=1S/C23H32N4O4.HI/c1-24-23(25-15-18-14-20(30-3)8-9-22(18)28)26-16-21(27-10-12-31-13-11-27)17-4-6-19(29-2)7-5-17;/h4-9,14,21,28H,10-13,15-16H2,1-3H3,(H2,24,25,26);1H. The van der Waals surface area contributed by atoms with Gasteiger partial charge in [-0.25, -0.2) is 0 Å². The minimum absolute atomic E-state index is 0. The van der Waals surface area contributed by atoms with Crippen LogP contribution in [0.4, 0.5) is 0 Å². The van der Waals surface area contributed by atoms with E-state index in [0.29, 0.717) is 24.8 Å². The number of morpholine rings is 1. The average molecular weight is 556 g/mol. The molecular weight excluding hydrogens is 523 g/mol. The summed E-state index contributed by atoms with van der Waals surface area (Å²) in [6, 6.07) is 13.5. The second-order valence-electron chi connectivity index (χ2n) is 7.24. The Morgan fingerprint density at radius 1 is 1.06 bits per heavy atom. The molecule has 1 unspecified atom stereocenters. The van der Waals surface area contributed by atoms with Crippen molar-refractivity contribution in [2.45, 2.75) is 12.6 Å². The molecule has 1 saturated heterocycles. The van der Waals surface area contributed by atoms with Crippen molar-refractivity contribution >= 4 is 29.9 Å². The van der Waals surface area contributed by atoms with E-state index in [4.69, 9.17) is 14.2 Å². The van der Waals surface area contributed by atoms with Gasteiger partial charge in [-0.2, -0.15) is 0 Å². The molecule has 1 heterocycles. The molecule has 3 N–H and O–H groups in total. The molecule has 0 amide bonds. The summed E-state index contributed by atoms with van der Waals surface area (Å²) in [5, 5.41) is 16.8. The lowest BCUT2D eigenvalue weighted by atomic mass is 10.0. The number of hydrogen-bond donors (Lipinski definition) is 3. The SMILES string of the molecule is CN=C(NCc1cc(OC)ccc1O)NCC(c1ccc(OC)cc1)N1CCOCC1.I. The fourth-order valence-corrected chi connectivity index (χ4v) is 3.60. The second-order valence-corrected chi connectivity index (χ2v) is 7.24. The summed E-state index contributed by atoms with van der Waals surface area (Å²) in [5.41, 5.74) is 1.94. The van der Waals surface area contributed by atoms with E-state index >= 15 is 0 Å². The average Bonchev–Trinajstić information content (AvgIpc) is 2.83. The van der Waals surface area contributed by atoms with Crippen molar-refractivity contribution in [3.8, 4) is 17.2 Å². The Kier molecular flexibility index (Phi) is 10.8. The van der Waals surface area contributed by atoms with Crippen molar-refractivity contribution in [1.82, 2.24) is 15.5 Å². The Morgan fingerprint density at radius 2 is 1.72 bits per heavy atom. The Bertz CT molecular complexity index is 858. The van der Waals surface area contributed by atoms with Crippen LogP contribution in [0.15, 0.2) is 47.5 Å². The molecule has 1 aliphatic heterocycles. The summed E-state index contributed by atoms with van der Waals surface area (Å²) in [6.45, 7) is 4.32. The van der Waals surface area contributed by atoms with Crippen LogP contribution in [0, 0.1) is 0 Å². The van der Waals surface area contributed by atoms with Gasteiger partial charge in [0.2, 0.25) is 0 Å². The van der Waals surface area contributed by atoms with Crippen molar-refractivity contribution in [2.75, 3.05) is 54.1 Å². The van der Waals surface area contributed by atoms with Crippen LogP contribution in [-0.4, -0.2) is 70.1 Å². The largest absolute Gasteiger partial charge is 0.508 e. The second kappa shape index (κ2) is 13.3. The Balaban J connectivity index is 0.00000363. The van der Waals surface area contributed by atoms with Crippen LogP contribution >= 0.6 is 24.0 Å². The number of nitrogens with one attached hydrogen (secondary N) is 2. The quantitative estimate of drug-likeness (QED) is 0.262. The van der Waals surface area contributed by atoms with E-state index in [-0.39, 0.29) is 35.8 Å². The number of methoxy groups -OCH3 is 2. The zero-order valence-corrected chi connectivity index (χ0v) is 21.2. The highest BCUT2D eigenvalue weighted by atomic mass is 127. The number of phenolic OH excluding ortho intramolecular Hbond substituents is 1. The fourth-order valence-electron chi connectivity index (χ4n) is 3.60. The van der Waals surface area contributed by atoms with Gasteiger partial charge >= 0.3 is 0 Å². The third kappa shape index (κ3) is 7.14. The van der Waals surface area contributed by atoms with Crippen molar-refractivity contribution < 1.29 is 19.3 Å². The molecule has 1 atom stereocenters. The van der Waals surface area contributed by atoms with Gasteiger partial charge in [0.05, 0.1) is 33.5 Å². The number of halogens is 1. The zero-order chi connectivity index (χ0) is 22.1. The van der Waals surface area contributed by atoms with Gasteiger partial charge in [-0.1, -0.05) is 12.1 Å². The Morgan fingerprint density at radius 3 is 2.34 bits per heavy atom. The van der Waals surface area contributed by atoms with E-state index in [2.05, 4.69) is 32.7 Å². The lowest BCUT2D eigenvalue weighted by Crippen LogP contribution is -2.46. The topological polar surface area (TPSA) is 87.6 Å². The Labute approximate surface area is 207 Å². The third-order valence-corrected chi connectivity index (χ3v) is 5.41. The molecule has 0 spiro atoms. The molecule has 0 radical (unpaired) electrons. The first-order valence-electron chi connectivity index (χ1n) is 10.4. The van der Waals surface area contributed by atoms with Gasteiger partial charge in [0.15, 0.2) is 5.96 Å². The molecule has 3 rings (SSSR count). The van der Waals surface area contributed by atoms with Gasteiger partial charge in [0.25, 0.3) is 0 Å². The number of rotatable bonds is 8. The zero-order valence-electron chi connectivity index (χ0n) is 18.8. The number of phenols is 1. The van der Waals surface area contributed by atoms with E-state index < -0.39 is 0 Å². The summed E-state index contributed by atoms with van der Waals surface area (Å²) in [5.74, 6) is 2.42. The highest BCUT2D eigenvalue weighted by Gasteiger charge is 2.23. The number of ether oxygens (including phenoxy) is 3. The van der Waals surface area contributed by atoms with Gasteiger partial charge in [0.1, 0.15) is 17.2 Å². The van der Waals surface area contributed by atoms with Crippen LogP contribution in [0.25, 0.3) is 0 Å². The first-order chi connectivity index (χ1) is 15.1. The summed E-state index contributed by atoms with van der Waals surface area (Å²) in [4.78, 5) is 6.75. The van der Waals surface area contributed by atoms with Crippen molar-refractivity contribution in [1.29, 1.82) is 0 Å². The predicted octanol–water partition coefficient (Wildman–Crippen LogP) is 2.77. The maximum atomic E-state index is 10.1. The minimum atomic E-state index is 0. The van der Waals surface area contributed by atoms with Crippen LogP contribution in [-0.2, 0) is 11.3 Å². The summed E-state index contributed by atoms with van der Waals surface area (Å²) >= 11 is 0. The van der Waals surface area contributed by atoms with Gasteiger partial charge in [-0.3, -0.25) is 9.89 Å². The molecule has 1 fully saturated rings. The summed E-state index contributed by atoms with van der Waals surface area (Å²) < 4.78 is 16.1. The molecule has 0 aromatic heterocycles. The van der Waals surface area contributed by atoms with Gasteiger partial charge in [-0.05, 0) is 35.9 Å². The van der Waals surface area contributed by atoms with Crippen molar-refractivity contribution in [2.24, 2.45) is 4.99 Å². The van der Waals surface area contributed by atoms with Gasteiger partial charge in [0, 0.05) is 38.8 Å². The lowest BCUT2D eigenvalue weighted by molar-refractivity contribution is 0.0170.